The van der Waals surface area contributed by atoms with Crippen molar-refractivity contribution in [3.63, 3.8) is 0 Å². The first-order chi connectivity index (χ1) is 9.71. The molecule has 0 bridgehead atoms. The first-order valence-electron chi connectivity index (χ1n) is 7.58. The molecule has 1 aliphatic rings. The van der Waals surface area contributed by atoms with Crippen molar-refractivity contribution in [2.24, 2.45) is 5.92 Å². The van der Waals surface area contributed by atoms with Crippen LogP contribution in [0.3, 0.4) is 0 Å². The number of anilines is 2. The molecule has 5 heteroatoms. The van der Waals surface area contributed by atoms with Crippen LogP contribution in [0.4, 0.5) is 11.6 Å². The van der Waals surface area contributed by atoms with Gasteiger partial charge in [0.1, 0.15) is 18.2 Å². The standard InChI is InChI=1S/C15H26N4O/c1-4-16-13-9-14(19-15(18-13)10-20-3)17-12-7-5-11(2)6-8-12/h9,11-12H,4-8,10H2,1-3H3,(H2,16,17,18,19). The average Bonchev–Trinajstić information content (AvgIpc) is 2.42. The van der Waals surface area contributed by atoms with E-state index in [9.17, 15) is 0 Å². The van der Waals surface area contributed by atoms with E-state index in [-0.39, 0.29) is 0 Å². The summed E-state index contributed by atoms with van der Waals surface area (Å²) >= 11 is 0. The minimum atomic E-state index is 0.440. The third kappa shape index (κ3) is 4.34. The highest BCUT2D eigenvalue weighted by Crippen LogP contribution is 2.26. The van der Waals surface area contributed by atoms with Crippen LogP contribution >= 0.6 is 0 Å². The summed E-state index contributed by atoms with van der Waals surface area (Å²) in [5.41, 5.74) is 0. The molecule has 0 amide bonds. The largest absolute Gasteiger partial charge is 0.377 e. The van der Waals surface area contributed by atoms with E-state index in [1.165, 1.54) is 25.7 Å². The molecule has 1 aromatic heterocycles. The molecule has 0 radical (unpaired) electrons. The van der Waals surface area contributed by atoms with Gasteiger partial charge in [-0.25, -0.2) is 9.97 Å². The first-order valence-corrected chi connectivity index (χ1v) is 7.58. The second-order valence-electron chi connectivity index (χ2n) is 5.62. The van der Waals surface area contributed by atoms with E-state index >= 15 is 0 Å². The van der Waals surface area contributed by atoms with Crippen LogP contribution in [0.2, 0.25) is 0 Å². The van der Waals surface area contributed by atoms with Crippen LogP contribution in [-0.4, -0.2) is 29.7 Å². The van der Waals surface area contributed by atoms with Crippen molar-refractivity contribution in [3.8, 4) is 0 Å². The Kier molecular flexibility index (Phi) is 5.59. The Morgan fingerprint density at radius 3 is 2.55 bits per heavy atom. The molecule has 1 heterocycles. The molecule has 0 spiro atoms. The Morgan fingerprint density at radius 1 is 1.20 bits per heavy atom. The maximum absolute atomic E-state index is 5.14. The summed E-state index contributed by atoms with van der Waals surface area (Å²) < 4.78 is 5.14. The molecule has 1 saturated carbocycles. The summed E-state index contributed by atoms with van der Waals surface area (Å²) in [6.45, 7) is 5.69. The predicted octanol–water partition coefficient (Wildman–Crippen LogP) is 3.05. The van der Waals surface area contributed by atoms with E-state index in [0.717, 1.165) is 29.9 Å². The van der Waals surface area contributed by atoms with Crippen molar-refractivity contribution in [1.29, 1.82) is 0 Å². The fraction of sp³-hybridized carbons (Fsp3) is 0.733. The van der Waals surface area contributed by atoms with Crippen molar-refractivity contribution < 1.29 is 4.74 Å². The molecule has 0 unspecified atom stereocenters. The number of rotatable bonds is 6. The van der Waals surface area contributed by atoms with E-state index in [2.05, 4.69) is 34.4 Å². The van der Waals surface area contributed by atoms with Gasteiger partial charge in [-0.3, -0.25) is 0 Å². The van der Waals surface area contributed by atoms with Gasteiger partial charge in [0, 0.05) is 25.8 Å². The zero-order valence-electron chi connectivity index (χ0n) is 12.8. The van der Waals surface area contributed by atoms with Gasteiger partial charge in [0.05, 0.1) is 0 Å². The third-order valence-electron chi connectivity index (χ3n) is 3.77. The van der Waals surface area contributed by atoms with Gasteiger partial charge >= 0.3 is 0 Å². The molecule has 2 rings (SSSR count). The molecule has 0 atom stereocenters. The summed E-state index contributed by atoms with van der Waals surface area (Å²) in [7, 11) is 1.67. The highest BCUT2D eigenvalue weighted by molar-refractivity contribution is 5.48. The number of methoxy groups -OCH3 is 1. The molecule has 0 saturated heterocycles. The van der Waals surface area contributed by atoms with Crippen LogP contribution in [-0.2, 0) is 11.3 Å². The lowest BCUT2D eigenvalue weighted by Crippen LogP contribution is -2.26. The van der Waals surface area contributed by atoms with Gasteiger partial charge in [0.2, 0.25) is 0 Å². The number of nitrogens with zero attached hydrogens (tertiary/aromatic N) is 2. The van der Waals surface area contributed by atoms with Crippen molar-refractivity contribution in [2.45, 2.75) is 52.2 Å². The molecule has 1 aliphatic carbocycles. The normalized spacial score (nSPS) is 22.6. The molecule has 1 fully saturated rings. The zero-order valence-corrected chi connectivity index (χ0v) is 12.8. The Morgan fingerprint density at radius 2 is 1.90 bits per heavy atom. The van der Waals surface area contributed by atoms with E-state index in [1.807, 2.05) is 6.07 Å². The van der Waals surface area contributed by atoms with Gasteiger partial charge in [-0.1, -0.05) is 6.92 Å². The molecular formula is C15H26N4O. The zero-order chi connectivity index (χ0) is 14.4. The van der Waals surface area contributed by atoms with Crippen LogP contribution in [0, 0.1) is 5.92 Å². The quantitative estimate of drug-likeness (QED) is 0.837. The lowest BCUT2D eigenvalue weighted by atomic mass is 9.87. The molecule has 20 heavy (non-hydrogen) atoms. The van der Waals surface area contributed by atoms with Crippen molar-refractivity contribution in [2.75, 3.05) is 24.3 Å². The van der Waals surface area contributed by atoms with E-state index in [1.54, 1.807) is 7.11 Å². The fourth-order valence-electron chi connectivity index (χ4n) is 2.65. The van der Waals surface area contributed by atoms with Crippen molar-refractivity contribution in [1.82, 2.24) is 9.97 Å². The summed E-state index contributed by atoms with van der Waals surface area (Å²) in [6, 6.07) is 2.52. The first kappa shape index (κ1) is 15.0. The maximum Gasteiger partial charge on any atom is 0.158 e. The van der Waals surface area contributed by atoms with Gasteiger partial charge in [-0.15, -0.1) is 0 Å². The second-order valence-corrected chi connectivity index (χ2v) is 5.62. The number of ether oxygens (including phenoxy) is 1. The lowest BCUT2D eigenvalue weighted by Gasteiger charge is -2.27. The molecule has 5 nitrogen and oxygen atoms in total. The highest BCUT2D eigenvalue weighted by atomic mass is 16.5. The molecule has 2 N–H and O–H groups in total. The molecule has 0 aliphatic heterocycles. The summed E-state index contributed by atoms with van der Waals surface area (Å²) in [5.74, 6) is 3.35. The Labute approximate surface area is 121 Å². The van der Waals surface area contributed by atoms with Crippen molar-refractivity contribution >= 4 is 11.6 Å². The Bertz CT molecular complexity index is 392. The van der Waals surface area contributed by atoms with Gasteiger partial charge < -0.3 is 15.4 Å². The molecule has 1 aromatic rings. The summed E-state index contributed by atoms with van der Waals surface area (Å²) in [5, 5.41) is 6.80. The second kappa shape index (κ2) is 7.43. The third-order valence-corrected chi connectivity index (χ3v) is 3.77. The minimum absolute atomic E-state index is 0.440. The Balaban J connectivity index is 2.05. The fourth-order valence-corrected chi connectivity index (χ4v) is 2.65. The van der Waals surface area contributed by atoms with Gasteiger partial charge in [0.15, 0.2) is 5.82 Å². The van der Waals surface area contributed by atoms with Crippen LogP contribution in [0.25, 0.3) is 0 Å². The topological polar surface area (TPSA) is 59.1 Å². The van der Waals surface area contributed by atoms with Crippen LogP contribution in [0.1, 0.15) is 45.4 Å². The predicted molar refractivity (Wildman–Crippen MR) is 82.0 cm³/mol. The van der Waals surface area contributed by atoms with Crippen LogP contribution < -0.4 is 10.6 Å². The van der Waals surface area contributed by atoms with Crippen LogP contribution in [0.15, 0.2) is 6.07 Å². The van der Waals surface area contributed by atoms with Gasteiger partial charge in [0.25, 0.3) is 0 Å². The Hall–Kier alpha value is -1.36. The molecule has 0 aromatic carbocycles. The molecular weight excluding hydrogens is 252 g/mol. The number of hydrogen-bond acceptors (Lipinski definition) is 5. The van der Waals surface area contributed by atoms with E-state index < -0.39 is 0 Å². The van der Waals surface area contributed by atoms with Gasteiger partial charge in [-0.05, 0) is 38.5 Å². The highest BCUT2D eigenvalue weighted by Gasteiger charge is 2.18. The molecule has 112 valence electrons. The average molecular weight is 278 g/mol. The summed E-state index contributed by atoms with van der Waals surface area (Å²) in [4.78, 5) is 8.96. The van der Waals surface area contributed by atoms with Crippen LogP contribution in [0.5, 0.6) is 0 Å². The number of aromatic nitrogens is 2. The van der Waals surface area contributed by atoms with Gasteiger partial charge in [-0.2, -0.15) is 0 Å². The number of hydrogen-bond donors (Lipinski definition) is 2. The van der Waals surface area contributed by atoms with E-state index in [4.69, 9.17) is 4.74 Å². The lowest BCUT2D eigenvalue weighted by molar-refractivity contribution is 0.178. The monoisotopic (exact) mass is 278 g/mol. The SMILES string of the molecule is CCNc1cc(NC2CCC(C)CC2)nc(COC)n1. The maximum atomic E-state index is 5.14. The van der Waals surface area contributed by atoms with E-state index in [0.29, 0.717) is 12.6 Å². The van der Waals surface area contributed by atoms with Crippen molar-refractivity contribution in [3.05, 3.63) is 11.9 Å². The minimum Gasteiger partial charge on any atom is -0.377 e. The number of nitrogens with one attached hydrogen (secondary N) is 2. The smallest absolute Gasteiger partial charge is 0.158 e. The summed E-state index contributed by atoms with van der Waals surface area (Å²) in [6.07, 6.45) is 5.05.